The van der Waals surface area contributed by atoms with Crippen molar-refractivity contribution in [3.63, 3.8) is 0 Å². The molecule has 0 aliphatic carbocycles. The largest absolute Gasteiger partial charge is 0.400 e. The molecule has 1 amide bonds. The standard InChI is InChI=1S/C10H17NO.2C2H6.CH4O/c1-8-4-5-10(12)11-6-2-3-9(11)7-8;3*1-2/h8-9H,2-7H2,1H3;2*1-2H3;2H,1H3. The third-order valence-corrected chi connectivity index (χ3v) is 3.22. The van der Waals surface area contributed by atoms with Gasteiger partial charge in [-0.3, -0.25) is 4.79 Å². The van der Waals surface area contributed by atoms with Crippen LogP contribution < -0.4 is 0 Å². The van der Waals surface area contributed by atoms with Gasteiger partial charge < -0.3 is 10.0 Å². The van der Waals surface area contributed by atoms with Crippen LogP contribution in [0.25, 0.3) is 0 Å². The molecule has 0 aromatic carbocycles. The summed E-state index contributed by atoms with van der Waals surface area (Å²) >= 11 is 0. The van der Waals surface area contributed by atoms with E-state index in [-0.39, 0.29) is 0 Å². The third kappa shape index (κ3) is 6.39. The van der Waals surface area contributed by atoms with Crippen LogP contribution in [0, 0.1) is 5.92 Å². The second-order valence-electron chi connectivity index (χ2n) is 4.26. The van der Waals surface area contributed by atoms with Crippen LogP contribution in [0.15, 0.2) is 0 Å². The van der Waals surface area contributed by atoms with Gasteiger partial charge in [0.1, 0.15) is 0 Å². The molecule has 110 valence electrons. The van der Waals surface area contributed by atoms with Gasteiger partial charge >= 0.3 is 0 Å². The van der Waals surface area contributed by atoms with E-state index in [0.29, 0.717) is 11.9 Å². The molecule has 0 aromatic rings. The third-order valence-electron chi connectivity index (χ3n) is 3.22. The lowest BCUT2D eigenvalue weighted by Crippen LogP contribution is -2.33. The van der Waals surface area contributed by atoms with E-state index in [9.17, 15) is 4.79 Å². The van der Waals surface area contributed by atoms with E-state index >= 15 is 0 Å². The number of rotatable bonds is 0. The number of aliphatic hydroxyl groups is 1. The molecule has 2 saturated heterocycles. The van der Waals surface area contributed by atoms with Gasteiger partial charge in [0.05, 0.1) is 0 Å². The van der Waals surface area contributed by atoms with E-state index in [0.717, 1.165) is 32.4 Å². The number of hydrogen-bond acceptors (Lipinski definition) is 2. The van der Waals surface area contributed by atoms with Crippen molar-refractivity contribution in [2.24, 2.45) is 5.92 Å². The Bertz CT molecular complexity index is 195. The lowest BCUT2D eigenvalue weighted by atomic mass is 9.98. The number of carbonyl (C=O) groups excluding carboxylic acids is 1. The fraction of sp³-hybridized carbons (Fsp3) is 0.933. The highest BCUT2D eigenvalue weighted by atomic mass is 16.2. The molecular formula is C15H33NO2. The highest BCUT2D eigenvalue weighted by molar-refractivity contribution is 5.77. The molecule has 2 fully saturated rings. The lowest BCUT2D eigenvalue weighted by molar-refractivity contribution is -0.131. The van der Waals surface area contributed by atoms with Crippen LogP contribution in [0.2, 0.25) is 0 Å². The van der Waals surface area contributed by atoms with Gasteiger partial charge in [0.15, 0.2) is 0 Å². The second kappa shape index (κ2) is 12.9. The summed E-state index contributed by atoms with van der Waals surface area (Å²) in [5.74, 6) is 1.16. The average molecular weight is 259 g/mol. The summed E-state index contributed by atoms with van der Waals surface area (Å²) in [6, 6.07) is 0.593. The van der Waals surface area contributed by atoms with E-state index in [1.54, 1.807) is 0 Å². The minimum Gasteiger partial charge on any atom is -0.400 e. The Balaban J connectivity index is 0. The van der Waals surface area contributed by atoms with E-state index in [1.807, 2.05) is 27.7 Å². The zero-order chi connectivity index (χ0) is 14.6. The van der Waals surface area contributed by atoms with Gasteiger partial charge in [0.2, 0.25) is 5.91 Å². The van der Waals surface area contributed by atoms with Crippen molar-refractivity contribution in [1.29, 1.82) is 0 Å². The van der Waals surface area contributed by atoms with E-state index in [1.165, 1.54) is 19.3 Å². The van der Waals surface area contributed by atoms with Crippen molar-refractivity contribution >= 4 is 5.91 Å². The predicted octanol–water partition coefficient (Wildman–Crippen LogP) is 3.46. The number of carbonyl (C=O) groups is 1. The number of nitrogens with zero attached hydrogens (tertiary/aromatic N) is 1. The fourth-order valence-electron chi connectivity index (χ4n) is 2.50. The van der Waals surface area contributed by atoms with Gasteiger partial charge in [-0.1, -0.05) is 34.6 Å². The summed E-state index contributed by atoms with van der Waals surface area (Å²) in [4.78, 5) is 13.7. The summed E-state index contributed by atoms with van der Waals surface area (Å²) in [6.07, 6.45) is 5.61. The zero-order valence-electron chi connectivity index (χ0n) is 13.2. The Morgan fingerprint density at radius 2 is 1.67 bits per heavy atom. The van der Waals surface area contributed by atoms with Crippen LogP contribution in [0.5, 0.6) is 0 Å². The van der Waals surface area contributed by atoms with E-state index < -0.39 is 0 Å². The summed E-state index contributed by atoms with van der Waals surface area (Å²) in [6.45, 7) is 11.3. The van der Waals surface area contributed by atoms with Gasteiger partial charge in [0.25, 0.3) is 0 Å². The van der Waals surface area contributed by atoms with Crippen LogP contribution in [0.3, 0.4) is 0 Å². The number of fused-ring (bicyclic) bond motifs is 1. The lowest BCUT2D eigenvalue weighted by Gasteiger charge is -2.22. The Morgan fingerprint density at radius 1 is 1.11 bits per heavy atom. The molecule has 0 bridgehead atoms. The maximum Gasteiger partial charge on any atom is 0.222 e. The zero-order valence-corrected chi connectivity index (χ0v) is 13.2. The molecule has 0 saturated carbocycles. The first-order chi connectivity index (χ1) is 8.77. The Labute approximate surface area is 114 Å². The monoisotopic (exact) mass is 259 g/mol. The van der Waals surface area contributed by atoms with Gasteiger partial charge in [-0.25, -0.2) is 0 Å². The Kier molecular flexibility index (Phi) is 14.1. The first-order valence-corrected chi connectivity index (χ1v) is 7.51. The fourth-order valence-corrected chi connectivity index (χ4v) is 2.50. The molecule has 2 aliphatic heterocycles. The Morgan fingerprint density at radius 3 is 2.22 bits per heavy atom. The maximum absolute atomic E-state index is 11.6. The molecule has 3 nitrogen and oxygen atoms in total. The van der Waals surface area contributed by atoms with Crippen LogP contribution in [-0.4, -0.2) is 35.6 Å². The molecule has 2 atom stereocenters. The topological polar surface area (TPSA) is 40.5 Å². The minimum absolute atomic E-state index is 0.404. The van der Waals surface area contributed by atoms with Crippen molar-refractivity contribution in [2.45, 2.75) is 72.8 Å². The molecule has 2 unspecified atom stereocenters. The highest BCUT2D eigenvalue weighted by Crippen LogP contribution is 2.29. The quantitative estimate of drug-likeness (QED) is 0.724. The molecule has 1 N–H and O–H groups in total. The van der Waals surface area contributed by atoms with Crippen molar-refractivity contribution in [3.8, 4) is 0 Å². The van der Waals surface area contributed by atoms with Crippen LogP contribution in [-0.2, 0) is 4.79 Å². The SMILES string of the molecule is CC.CC.CC1CCC(=O)N2CCCC2C1.CO. The van der Waals surface area contributed by atoms with E-state index in [2.05, 4.69) is 11.8 Å². The van der Waals surface area contributed by atoms with Crippen molar-refractivity contribution in [1.82, 2.24) is 4.90 Å². The Hall–Kier alpha value is -0.570. The van der Waals surface area contributed by atoms with Crippen LogP contribution in [0.4, 0.5) is 0 Å². The number of aliphatic hydroxyl groups excluding tert-OH is 1. The van der Waals surface area contributed by atoms with Crippen LogP contribution >= 0.6 is 0 Å². The van der Waals surface area contributed by atoms with E-state index in [4.69, 9.17) is 5.11 Å². The molecule has 0 aromatic heterocycles. The summed E-state index contributed by atoms with van der Waals surface area (Å²) in [5, 5.41) is 7.00. The predicted molar refractivity (Wildman–Crippen MR) is 78.6 cm³/mol. The molecule has 0 spiro atoms. The van der Waals surface area contributed by atoms with Gasteiger partial charge in [-0.2, -0.15) is 0 Å². The summed E-state index contributed by atoms with van der Waals surface area (Å²) in [7, 11) is 1.00. The second-order valence-corrected chi connectivity index (χ2v) is 4.26. The van der Waals surface area contributed by atoms with Gasteiger partial charge in [-0.15, -0.1) is 0 Å². The molecule has 18 heavy (non-hydrogen) atoms. The van der Waals surface area contributed by atoms with Crippen LogP contribution in [0.1, 0.15) is 66.7 Å². The minimum atomic E-state index is 0.404. The number of amides is 1. The molecule has 3 heteroatoms. The molecule has 2 heterocycles. The highest BCUT2D eigenvalue weighted by Gasteiger charge is 2.32. The van der Waals surface area contributed by atoms with Crippen molar-refractivity contribution in [2.75, 3.05) is 13.7 Å². The number of hydrogen-bond donors (Lipinski definition) is 1. The average Bonchev–Trinajstić information content (AvgIpc) is 2.86. The molecular weight excluding hydrogens is 226 g/mol. The molecule has 0 radical (unpaired) electrons. The first-order valence-electron chi connectivity index (χ1n) is 7.51. The summed E-state index contributed by atoms with van der Waals surface area (Å²) < 4.78 is 0. The smallest absolute Gasteiger partial charge is 0.222 e. The molecule has 2 rings (SSSR count). The van der Waals surface area contributed by atoms with Crippen molar-refractivity contribution in [3.05, 3.63) is 0 Å². The van der Waals surface area contributed by atoms with Gasteiger partial charge in [-0.05, 0) is 31.6 Å². The first kappa shape index (κ1) is 19.8. The van der Waals surface area contributed by atoms with Crippen molar-refractivity contribution < 1.29 is 9.90 Å². The normalized spacial score (nSPS) is 25.3. The summed E-state index contributed by atoms with van der Waals surface area (Å²) in [5.41, 5.74) is 0. The molecule has 2 aliphatic rings. The van der Waals surface area contributed by atoms with Gasteiger partial charge in [0, 0.05) is 26.1 Å². The maximum atomic E-state index is 11.6.